The van der Waals surface area contributed by atoms with Gasteiger partial charge < -0.3 is 15.2 Å². The topological polar surface area (TPSA) is 44.5 Å². The average Bonchev–Trinajstić information content (AvgIpc) is 2.53. The van der Waals surface area contributed by atoms with E-state index in [1.807, 2.05) is 61.5 Å². The molecule has 106 valence electrons. The summed E-state index contributed by atoms with van der Waals surface area (Å²) >= 11 is 0. The second-order valence-electron chi connectivity index (χ2n) is 4.80. The number of benzene rings is 2. The first-order valence-electron chi connectivity index (χ1n) is 6.76. The molecule has 0 fully saturated rings. The fourth-order valence-electron chi connectivity index (χ4n) is 2.03. The van der Waals surface area contributed by atoms with Gasteiger partial charge in [0.25, 0.3) is 0 Å². The zero-order valence-corrected chi connectivity index (χ0v) is 12.0. The van der Waals surface area contributed by atoms with Crippen molar-refractivity contribution in [1.29, 1.82) is 0 Å². The van der Waals surface area contributed by atoms with Gasteiger partial charge in [-0.2, -0.15) is 0 Å². The Bertz CT molecular complexity index is 528. The third kappa shape index (κ3) is 3.83. The molecule has 2 rings (SSSR count). The molecule has 2 aromatic carbocycles. The SMILES string of the molecule is COc1cccc(C(N)C(C)OCc2ccccc2)c1. The van der Waals surface area contributed by atoms with Crippen LogP contribution in [0.4, 0.5) is 0 Å². The van der Waals surface area contributed by atoms with E-state index >= 15 is 0 Å². The highest BCUT2D eigenvalue weighted by atomic mass is 16.5. The van der Waals surface area contributed by atoms with Crippen molar-refractivity contribution in [3.63, 3.8) is 0 Å². The third-order valence-electron chi connectivity index (χ3n) is 3.34. The van der Waals surface area contributed by atoms with Gasteiger partial charge in [-0.3, -0.25) is 0 Å². The van der Waals surface area contributed by atoms with Crippen molar-refractivity contribution in [2.45, 2.75) is 25.7 Å². The van der Waals surface area contributed by atoms with Gasteiger partial charge >= 0.3 is 0 Å². The van der Waals surface area contributed by atoms with Crippen LogP contribution >= 0.6 is 0 Å². The zero-order chi connectivity index (χ0) is 14.4. The Morgan fingerprint density at radius 1 is 1.05 bits per heavy atom. The van der Waals surface area contributed by atoms with E-state index in [1.54, 1.807) is 7.11 Å². The maximum Gasteiger partial charge on any atom is 0.119 e. The summed E-state index contributed by atoms with van der Waals surface area (Å²) in [6.07, 6.45) is -0.0673. The maximum atomic E-state index is 6.25. The van der Waals surface area contributed by atoms with Crippen LogP contribution in [0.1, 0.15) is 24.1 Å². The lowest BCUT2D eigenvalue weighted by Gasteiger charge is -2.21. The lowest BCUT2D eigenvalue weighted by atomic mass is 10.0. The van der Waals surface area contributed by atoms with E-state index in [0.29, 0.717) is 6.61 Å². The van der Waals surface area contributed by atoms with Crippen molar-refractivity contribution in [2.75, 3.05) is 7.11 Å². The third-order valence-corrected chi connectivity index (χ3v) is 3.34. The van der Waals surface area contributed by atoms with Crippen LogP contribution in [0.25, 0.3) is 0 Å². The van der Waals surface area contributed by atoms with Crippen molar-refractivity contribution in [1.82, 2.24) is 0 Å². The van der Waals surface area contributed by atoms with Crippen molar-refractivity contribution < 1.29 is 9.47 Å². The first-order chi connectivity index (χ1) is 9.70. The molecular weight excluding hydrogens is 250 g/mol. The summed E-state index contributed by atoms with van der Waals surface area (Å²) in [5, 5.41) is 0. The van der Waals surface area contributed by atoms with E-state index < -0.39 is 0 Å². The Kier molecular flexibility index (Phi) is 5.16. The fraction of sp³-hybridized carbons (Fsp3) is 0.294. The Morgan fingerprint density at radius 3 is 2.50 bits per heavy atom. The Hall–Kier alpha value is -1.84. The molecule has 2 aromatic rings. The second-order valence-corrected chi connectivity index (χ2v) is 4.80. The molecule has 0 saturated heterocycles. The summed E-state index contributed by atoms with van der Waals surface area (Å²) in [5.74, 6) is 0.813. The summed E-state index contributed by atoms with van der Waals surface area (Å²) < 4.78 is 11.1. The fourth-order valence-corrected chi connectivity index (χ4v) is 2.03. The Labute approximate surface area is 120 Å². The van der Waals surface area contributed by atoms with Gasteiger partial charge in [0.05, 0.1) is 25.9 Å². The summed E-state index contributed by atoms with van der Waals surface area (Å²) in [6, 6.07) is 17.7. The average molecular weight is 271 g/mol. The van der Waals surface area contributed by atoms with Crippen LogP contribution in [0.3, 0.4) is 0 Å². The summed E-state index contributed by atoms with van der Waals surface area (Å²) in [5.41, 5.74) is 8.41. The normalized spacial score (nSPS) is 13.8. The number of hydrogen-bond donors (Lipinski definition) is 1. The molecule has 0 saturated carbocycles. The van der Waals surface area contributed by atoms with Crippen molar-refractivity contribution >= 4 is 0 Å². The number of rotatable bonds is 6. The van der Waals surface area contributed by atoms with E-state index in [-0.39, 0.29) is 12.1 Å². The quantitative estimate of drug-likeness (QED) is 0.876. The predicted molar refractivity (Wildman–Crippen MR) is 80.6 cm³/mol. The van der Waals surface area contributed by atoms with Crippen LogP contribution in [0.2, 0.25) is 0 Å². The number of hydrogen-bond acceptors (Lipinski definition) is 3. The van der Waals surface area contributed by atoms with E-state index in [0.717, 1.165) is 16.9 Å². The van der Waals surface area contributed by atoms with Gasteiger partial charge in [-0.25, -0.2) is 0 Å². The molecule has 0 bridgehead atoms. The van der Waals surface area contributed by atoms with Gasteiger partial charge in [-0.1, -0.05) is 42.5 Å². The minimum Gasteiger partial charge on any atom is -0.497 e. The van der Waals surface area contributed by atoms with Crippen LogP contribution in [-0.4, -0.2) is 13.2 Å². The zero-order valence-electron chi connectivity index (χ0n) is 12.0. The minimum absolute atomic E-state index is 0.0673. The molecule has 0 aliphatic carbocycles. The van der Waals surface area contributed by atoms with Gasteiger partial charge in [0.15, 0.2) is 0 Å². The van der Waals surface area contributed by atoms with Crippen molar-refractivity contribution in [2.24, 2.45) is 5.73 Å². The van der Waals surface area contributed by atoms with Crippen molar-refractivity contribution in [3.8, 4) is 5.75 Å². The number of ether oxygens (including phenoxy) is 2. The Balaban J connectivity index is 1.95. The van der Waals surface area contributed by atoms with Gasteiger partial charge in [0.1, 0.15) is 5.75 Å². The van der Waals surface area contributed by atoms with Crippen LogP contribution in [0.15, 0.2) is 54.6 Å². The molecular formula is C17H21NO2. The molecule has 0 aromatic heterocycles. The summed E-state index contributed by atoms with van der Waals surface area (Å²) in [4.78, 5) is 0. The van der Waals surface area contributed by atoms with Crippen LogP contribution in [0.5, 0.6) is 5.75 Å². The molecule has 20 heavy (non-hydrogen) atoms. The predicted octanol–water partition coefficient (Wildman–Crippen LogP) is 3.30. The molecule has 2 N–H and O–H groups in total. The molecule has 0 aliphatic rings. The van der Waals surface area contributed by atoms with E-state index in [1.165, 1.54) is 0 Å². The van der Waals surface area contributed by atoms with Gasteiger partial charge in [-0.05, 0) is 30.2 Å². The highest BCUT2D eigenvalue weighted by Gasteiger charge is 2.16. The van der Waals surface area contributed by atoms with Gasteiger partial charge in [0.2, 0.25) is 0 Å². The molecule has 2 unspecified atom stereocenters. The monoisotopic (exact) mass is 271 g/mol. The number of methoxy groups -OCH3 is 1. The smallest absolute Gasteiger partial charge is 0.119 e. The van der Waals surface area contributed by atoms with Gasteiger partial charge in [-0.15, -0.1) is 0 Å². The van der Waals surface area contributed by atoms with Crippen LogP contribution in [-0.2, 0) is 11.3 Å². The van der Waals surface area contributed by atoms with E-state index in [4.69, 9.17) is 15.2 Å². The molecule has 0 heterocycles. The number of nitrogens with two attached hydrogens (primary N) is 1. The highest BCUT2D eigenvalue weighted by molar-refractivity contribution is 5.30. The Morgan fingerprint density at radius 2 is 1.80 bits per heavy atom. The molecule has 0 amide bonds. The molecule has 0 aliphatic heterocycles. The molecule has 0 radical (unpaired) electrons. The van der Waals surface area contributed by atoms with Crippen LogP contribution in [0, 0.1) is 0 Å². The second kappa shape index (κ2) is 7.08. The van der Waals surface area contributed by atoms with Crippen molar-refractivity contribution in [3.05, 3.63) is 65.7 Å². The van der Waals surface area contributed by atoms with Crippen LogP contribution < -0.4 is 10.5 Å². The minimum atomic E-state index is -0.172. The molecule has 3 nitrogen and oxygen atoms in total. The van der Waals surface area contributed by atoms with Gasteiger partial charge in [0, 0.05) is 0 Å². The molecule has 2 atom stereocenters. The maximum absolute atomic E-state index is 6.25. The van der Waals surface area contributed by atoms with E-state index in [2.05, 4.69) is 0 Å². The first kappa shape index (κ1) is 14.6. The lowest BCUT2D eigenvalue weighted by Crippen LogP contribution is -2.26. The summed E-state index contributed by atoms with van der Waals surface area (Å²) in [6.45, 7) is 2.56. The summed E-state index contributed by atoms with van der Waals surface area (Å²) in [7, 11) is 1.65. The highest BCUT2D eigenvalue weighted by Crippen LogP contribution is 2.21. The largest absolute Gasteiger partial charge is 0.497 e. The molecule has 0 spiro atoms. The standard InChI is InChI=1S/C17H21NO2/c1-13(20-12-14-7-4-3-5-8-14)17(18)15-9-6-10-16(11-15)19-2/h3-11,13,17H,12,18H2,1-2H3. The lowest BCUT2D eigenvalue weighted by molar-refractivity contribution is 0.0356. The first-order valence-corrected chi connectivity index (χ1v) is 6.76. The van der Waals surface area contributed by atoms with E-state index in [9.17, 15) is 0 Å². The molecule has 3 heteroatoms.